The normalized spacial score (nSPS) is 25.3. The molecule has 1 fully saturated rings. The standard InChI is InChI=1S/C23H26N2O10/c1-11-6-25(22(31)24-20(11)30)21-19(29)23(18(28)10-34-21)17-5-15(8-33-13(3)27)14(7-32-12(2)26)4-16(17)9-35-23/h4-6,18-19,21,28-29H,7-10H2,1-3H3,(H,24,30,31)/t18-,19+,21-,23-/m1/s1. The van der Waals surface area contributed by atoms with Gasteiger partial charge in [0.2, 0.25) is 0 Å². The molecule has 0 saturated carbocycles. The first kappa shape index (κ1) is 24.8. The van der Waals surface area contributed by atoms with Crippen molar-refractivity contribution in [1.29, 1.82) is 0 Å². The summed E-state index contributed by atoms with van der Waals surface area (Å²) in [5.41, 5.74) is -0.702. The average molecular weight is 490 g/mol. The van der Waals surface area contributed by atoms with Crippen LogP contribution in [0.1, 0.15) is 47.9 Å². The quantitative estimate of drug-likeness (QED) is 0.471. The minimum absolute atomic E-state index is 0.0106. The predicted octanol–water partition coefficient (Wildman–Crippen LogP) is -0.352. The van der Waals surface area contributed by atoms with Crippen molar-refractivity contribution in [2.75, 3.05) is 6.61 Å². The SMILES string of the molecule is CC(=O)OCc1cc2c(cc1COC(C)=O)[C@@]1(OC2)[C@H](O)CO[C@@H](n2cc(C)c(=O)[nH]c2=O)[C@@H]1O. The summed E-state index contributed by atoms with van der Waals surface area (Å²) in [4.78, 5) is 49.2. The van der Waals surface area contributed by atoms with E-state index in [1.165, 1.54) is 27.0 Å². The van der Waals surface area contributed by atoms with Gasteiger partial charge >= 0.3 is 17.6 Å². The maximum absolute atomic E-state index is 12.5. The first-order chi connectivity index (χ1) is 16.5. The van der Waals surface area contributed by atoms with Crippen molar-refractivity contribution in [2.45, 2.75) is 64.6 Å². The highest BCUT2D eigenvalue weighted by molar-refractivity contribution is 5.66. The zero-order valence-corrected chi connectivity index (χ0v) is 19.4. The van der Waals surface area contributed by atoms with E-state index in [2.05, 4.69) is 4.98 Å². The Hall–Kier alpha value is -3.32. The predicted molar refractivity (Wildman–Crippen MR) is 117 cm³/mol. The lowest BCUT2D eigenvalue weighted by Gasteiger charge is -2.46. The third kappa shape index (κ3) is 4.41. The molecule has 188 valence electrons. The van der Waals surface area contributed by atoms with Gasteiger partial charge < -0.3 is 29.2 Å². The minimum atomic E-state index is -1.67. The summed E-state index contributed by atoms with van der Waals surface area (Å²) in [7, 11) is 0. The number of aliphatic hydroxyl groups excluding tert-OH is 2. The number of carbonyl (C=O) groups is 2. The molecule has 4 rings (SSSR count). The zero-order chi connectivity index (χ0) is 25.5. The summed E-state index contributed by atoms with van der Waals surface area (Å²) in [6.07, 6.45) is -2.87. The van der Waals surface area contributed by atoms with Gasteiger partial charge in [-0.3, -0.25) is 23.9 Å². The van der Waals surface area contributed by atoms with Gasteiger partial charge in [0.05, 0.1) is 13.2 Å². The van der Waals surface area contributed by atoms with Crippen molar-refractivity contribution in [3.8, 4) is 0 Å². The van der Waals surface area contributed by atoms with Crippen molar-refractivity contribution < 1.29 is 38.7 Å². The Kier molecular flexibility index (Phi) is 6.64. The van der Waals surface area contributed by atoms with Crippen LogP contribution in [0, 0.1) is 6.92 Å². The average Bonchev–Trinajstić information content (AvgIpc) is 3.16. The molecule has 12 heteroatoms. The van der Waals surface area contributed by atoms with Crippen LogP contribution in [-0.2, 0) is 54.0 Å². The van der Waals surface area contributed by atoms with E-state index in [9.17, 15) is 29.4 Å². The number of aryl methyl sites for hydroxylation is 1. The van der Waals surface area contributed by atoms with Gasteiger partial charge in [0.25, 0.3) is 5.56 Å². The fourth-order valence-corrected chi connectivity index (χ4v) is 4.47. The molecule has 12 nitrogen and oxygen atoms in total. The van der Waals surface area contributed by atoms with Crippen LogP contribution in [0.3, 0.4) is 0 Å². The van der Waals surface area contributed by atoms with Crippen LogP contribution in [0.5, 0.6) is 0 Å². The fourth-order valence-electron chi connectivity index (χ4n) is 4.47. The molecule has 0 aliphatic carbocycles. The molecule has 1 aromatic carbocycles. The number of rotatable bonds is 5. The molecule has 35 heavy (non-hydrogen) atoms. The summed E-state index contributed by atoms with van der Waals surface area (Å²) in [5, 5.41) is 22.4. The molecule has 4 atom stereocenters. The van der Waals surface area contributed by atoms with Crippen LogP contribution < -0.4 is 11.2 Å². The van der Waals surface area contributed by atoms with Gasteiger partial charge in [0, 0.05) is 25.6 Å². The van der Waals surface area contributed by atoms with Gasteiger partial charge in [-0.2, -0.15) is 0 Å². The molecule has 3 heterocycles. The van der Waals surface area contributed by atoms with Crippen molar-refractivity contribution in [2.24, 2.45) is 0 Å². The fraction of sp³-hybridized carbons (Fsp3) is 0.478. The van der Waals surface area contributed by atoms with E-state index < -0.39 is 47.2 Å². The lowest BCUT2D eigenvalue weighted by molar-refractivity contribution is -0.280. The Morgan fingerprint density at radius 3 is 2.40 bits per heavy atom. The molecular weight excluding hydrogens is 464 g/mol. The highest BCUT2D eigenvalue weighted by Crippen LogP contribution is 2.48. The Morgan fingerprint density at radius 1 is 1.14 bits per heavy atom. The van der Waals surface area contributed by atoms with E-state index in [1.807, 2.05) is 0 Å². The number of nitrogens with zero attached hydrogens (tertiary/aromatic N) is 1. The first-order valence-electron chi connectivity index (χ1n) is 10.9. The van der Waals surface area contributed by atoms with E-state index in [1.54, 1.807) is 12.1 Å². The van der Waals surface area contributed by atoms with Crippen molar-refractivity contribution >= 4 is 11.9 Å². The van der Waals surface area contributed by atoms with E-state index in [4.69, 9.17) is 18.9 Å². The van der Waals surface area contributed by atoms with Crippen LogP contribution in [-0.4, -0.2) is 50.5 Å². The molecule has 0 amide bonds. The van der Waals surface area contributed by atoms with Crippen LogP contribution in [0.15, 0.2) is 27.9 Å². The second kappa shape index (κ2) is 9.38. The molecule has 0 radical (unpaired) electrons. The number of carbonyl (C=O) groups excluding carboxylic acids is 2. The van der Waals surface area contributed by atoms with E-state index in [-0.39, 0.29) is 32.0 Å². The molecule has 1 spiro atoms. The highest BCUT2D eigenvalue weighted by Gasteiger charge is 2.58. The number of esters is 2. The van der Waals surface area contributed by atoms with Gasteiger partial charge in [-0.05, 0) is 41.3 Å². The number of ether oxygens (including phenoxy) is 4. The lowest BCUT2D eigenvalue weighted by atomic mass is 9.79. The molecule has 1 aromatic heterocycles. The maximum atomic E-state index is 12.5. The lowest BCUT2D eigenvalue weighted by Crippen LogP contribution is -2.60. The van der Waals surface area contributed by atoms with Crippen LogP contribution in [0.4, 0.5) is 0 Å². The van der Waals surface area contributed by atoms with Gasteiger partial charge in [-0.1, -0.05) is 0 Å². The van der Waals surface area contributed by atoms with Crippen molar-refractivity contribution in [3.05, 3.63) is 67.0 Å². The molecule has 0 bridgehead atoms. The number of aliphatic hydroxyl groups is 2. The summed E-state index contributed by atoms with van der Waals surface area (Å²) in [5.74, 6) is -1.01. The van der Waals surface area contributed by atoms with Gasteiger partial charge in [0.1, 0.15) is 25.4 Å². The molecule has 3 N–H and O–H groups in total. The number of H-pyrrole nitrogens is 1. The molecule has 0 unspecified atom stereocenters. The van der Waals surface area contributed by atoms with Gasteiger partial charge in [-0.25, -0.2) is 4.79 Å². The van der Waals surface area contributed by atoms with Crippen LogP contribution in [0.2, 0.25) is 0 Å². The smallest absolute Gasteiger partial charge is 0.330 e. The number of aromatic amines is 1. The Bertz CT molecular complexity index is 1280. The number of nitrogens with one attached hydrogen (secondary N) is 1. The van der Waals surface area contributed by atoms with Gasteiger partial charge in [0.15, 0.2) is 11.8 Å². The summed E-state index contributed by atoms with van der Waals surface area (Å²) >= 11 is 0. The number of hydrogen-bond donors (Lipinski definition) is 3. The summed E-state index contributed by atoms with van der Waals surface area (Å²) in [6, 6.07) is 3.33. The zero-order valence-electron chi connectivity index (χ0n) is 19.4. The number of aromatic nitrogens is 2. The number of benzene rings is 1. The van der Waals surface area contributed by atoms with Gasteiger partial charge in [-0.15, -0.1) is 0 Å². The highest BCUT2D eigenvalue weighted by atomic mass is 16.6. The number of hydrogen-bond acceptors (Lipinski definition) is 10. The van der Waals surface area contributed by atoms with Crippen LogP contribution >= 0.6 is 0 Å². The Morgan fingerprint density at radius 2 is 1.77 bits per heavy atom. The summed E-state index contributed by atoms with van der Waals surface area (Å²) < 4.78 is 22.9. The molecule has 1 saturated heterocycles. The second-order valence-electron chi connectivity index (χ2n) is 8.58. The maximum Gasteiger partial charge on any atom is 0.330 e. The first-order valence-corrected chi connectivity index (χ1v) is 10.9. The van der Waals surface area contributed by atoms with Crippen molar-refractivity contribution in [1.82, 2.24) is 9.55 Å². The third-order valence-electron chi connectivity index (χ3n) is 6.22. The number of fused-ring (bicyclic) bond motifs is 2. The Balaban J connectivity index is 1.79. The summed E-state index contributed by atoms with van der Waals surface area (Å²) in [6.45, 7) is 3.55. The third-order valence-corrected chi connectivity index (χ3v) is 6.22. The monoisotopic (exact) mass is 490 g/mol. The second-order valence-corrected chi connectivity index (χ2v) is 8.58. The minimum Gasteiger partial charge on any atom is -0.461 e. The topological polar surface area (TPSA) is 166 Å². The molecule has 2 aliphatic heterocycles. The van der Waals surface area contributed by atoms with E-state index in [0.717, 1.165) is 4.57 Å². The molecular formula is C23H26N2O10. The largest absolute Gasteiger partial charge is 0.461 e. The van der Waals surface area contributed by atoms with E-state index >= 15 is 0 Å². The van der Waals surface area contributed by atoms with Crippen molar-refractivity contribution in [3.63, 3.8) is 0 Å². The Labute approximate surface area is 199 Å². The van der Waals surface area contributed by atoms with E-state index in [0.29, 0.717) is 22.3 Å². The molecule has 2 aromatic rings. The van der Waals surface area contributed by atoms with Crippen LogP contribution in [0.25, 0.3) is 0 Å². The molecule has 2 aliphatic rings.